The molecule has 2 atom stereocenters. The molecule has 2 rings (SSSR count). The highest BCUT2D eigenvalue weighted by Crippen LogP contribution is 2.23. The van der Waals surface area contributed by atoms with Crippen molar-refractivity contribution in [1.82, 2.24) is 15.1 Å². The lowest BCUT2D eigenvalue weighted by Gasteiger charge is -2.47. The fourth-order valence-electron chi connectivity index (χ4n) is 3.43. The van der Waals surface area contributed by atoms with Gasteiger partial charge in [-0.25, -0.2) is 0 Å². The maximum atomic E-state index is 5.04. The molecule has 2 unspecified atom stereocenters. The summed E-state index contributed by atoms with van der Waals surface area (Å²) in [4.78, 5) is 5.42. The van der Waals surface area contributed by atoms with Crippen LogP contribution in [-0.2, 0) is 4.74 Å². The molecule has 2 aliphatic rings. The van der Waals surface area contributed by atoms with Gasteiger partial charge in [0.25, 0.3) is 0 Å². The molecule has 19 heavy (non-hydrogen) atoms. The molecule has 0 aromatic rings. The van der Waals surface area contributed by atoms with Crippen molar-refractivity contribution in [1.29, 1.82) is 0 Å². The third-order valence-electron chi connectivity index (χ3n) is 4.60. The molecule has 0 saturated carbocycles. The summed E-state index contributed by atoms with van der Waals surface area (Å²) < 4.78 is 5.04. The van der Waals surface area contributed by atoms with E-state index in [-0.39, 0.29) is 0 Å². The molecule has 0 radical (unpaired) electrons. The summed E-state index contributed by atoms with van der Waals surface area (Å²) in [7, 11) is 1.76. The van der Waals surface area contributed by atoms with E-state index in [1.54, 1.807) is 7.11 Å². The molecule has 4 nitrogen and oxygen atoms in total. The Labute approximate surface area is 118 Å². The van der Waals surface area contributed by atoms with Gasteiger partial charge in [-0.2, -0.15) is 0 Å². The maximum absolute atomic E-state index is 5.04. The van der Waals surface area contributed by atoms with Crippen LogP contribution in [0.5, 0.6) is 0 Å². The Kier molecular flexibility index (Phi) is 6.57. The van der Waals surface area contributed by atoms with E-state index in [0.29, 0.717) is 0 Å². The minimum absolute atomic E-state index is 0.730. The second-order valence-corrected chi connectivity index (χ2v) is 6.08. The number of ether oxygens (including phenoxy) is 1. The maximum Gasteiger partial charge on any atom is 0.0587 e. The minimum atomic E-state index is 0.730. The van der Waals surface area contributed by atoms with Gasteiger partial charge in [0.15, 0.2) is 0 Å². The van der Waals surface area contributed by atoms with E-state index in [0.717, 1.165) is 31.8 Å². The molecule has 0 amide bonds. The van der Waals surface area contributed by atoms with Crippen LogP contribution in [0.3, 0.4) is 0 Å². The Bertz CT molecular complexity index is 250. The lowest BCUT2D eigenvalue weighted by Crippen LogP contribution is -2.58. The van der Waals surface area contributed by atoms with E-state index in [2.05, 4.69) is 22.0 Å². The minimum Gasteiger partial charge on any atom is -0.383 e. The molecule has 2 saturated heterocycles. The SMILES string of the molecule is COCCNCCCN1CC2CCCCN2CC1C. The van der Waals surface area contributed by atoms with Crippen LogP contribution in [-0.4, -0.2) is 74.9 Å². The summed E-state index contributed by atoms with van der Waals surface area (Å²) in [6.07, 6.45) is 5.50. The van der Waals surface area contributed by atoms with E-state index in [1.165, 1.54) is 51.9 Å². The predicted octanol–water partition coefficient (Wildman–Crippen LogP) is 1.17. The summed E-state index contributed by atoms with van der Waals surface area (Å²) in [5.41, 5.74) is 0. The molecule has 0 aromatic heterocycles. The lowest BCUT2D eigenvalue weighted by atomic mass is 9.97. The first kappa shape index (κ1) is 15.2. The average molecular weight is 269 g/mol. The Morgan fingerprint density at radius 2 is 2.11 bits per heavy atom. The highest BCUT2D eigenvalue weighted by Gasteiger charge is 2.32. The van der Waals surface area contributed by atoms with E-state index in [9.17, 15) is 0 Å². The number of nitrogens with one attached hydrogen (secondary N) is 1. The molecule has 2 aliphatic heterocycles. The van der Waals surface area contributed by atoms with Crippen molar-refractivity contribution in [3.63, 3.8) is 0 Å². The van der Waals surface area contributed by atoms with Crippen molar-refractivity contribution in [2.24, 2.45) is 0 Å². The molecule has 0 aliphatic carbocycles. The number of piperazine rings is 1. The van der Waals surface area contributed by atoms with Gasteiger partial charge in [0, 0.05) is 38.8 Å². The van der Waals surface area contributed by atoms with E-state index >= 15 is 0 Å². The van der Waals surface area contributed by atoms with Gasteiger partial charge in [0.2, 0.25) is 0 Å². The van der Waals surface area contributed by atoms with Gasteiger partial charge in [0.05, 0.1) is 6.61 Å². The van der Waals surface area contributed by atoms with Crippen LogP contribution >= 0.6 is 0 Å². The second kappa shape index (κ2) is 8.20. The zero-order chi connectivity index (χ0) is 13.5. The highest BCUT2D eigenvalue weighted by molar-refractivity contribution is 4.88. The monoisotopic (exact) mass is 269 g/mol. The van der Waals surface area contributed by atoms with Gasteiger partial charge in [-0.3, -0.25) is 9.80 Å². The number of piperidine rings is 1. The van der Waals surface area contributed by atoms with Crippen molar-refractivity contribution in [2.45, 2.75) is 44.7 Å². The average Bonchev–Trinajstić information content (AvgIpc) is 2.43. The summed E-state index contributed by atoms with van der Waals surface area (Å²) in [6.45, 7) is 10.4. The van der Waals surface area contributed by atoms with Gasteiger partial charge >= 0.3 is 0 Å². The molecular weight excluding hydrogens is 238 g/mol. The molecule has 4 heteroatoms. The molecule has 1 N–H and O–H groups in total. The highest BCUT2D eigenvalue weighted by atomic mass is 16.5. The van der Waals surface area contributed by atoms with Crippen molar-refractivity contribution in [3.8, 4) is 0 Å². The lowest BCUT2D eigenvalue weighted by molar-refractivity contribution is 0.0149. The first-order valence-corrected chi connectivity index (χ1v) is 7.99. The summed E-state index contributed by atoms with van der Waals surface area (Å²) in [6, 6.07) is 1.57. The predicted molar refractivity (Wildman–Crippen MR) is 79.6 cm³/mol. The van der Waals surface area contributed by atoms with Gasteiger partial charge in [-0.15, -0.1) is 0 Å². The molecule has 0 bridgehead atoms. The number of rotatable bonds is 7. The molecule has 2 fully saturated rings. The smallest absolute Gasteiger partial charge is 0.0587 e. The summed E-state index contributed by atoms with van der Waals surface area (Å²) >= 11 is 0. The number of hydrogen-bond donors (Lipinski definition) is 1. The molecule has 112 valence electrons. The quantitative estimate of drug-likeness (QED) is 0.702. The van der Waals surface area contributed by atoms with Gasteiger partial charge in [0.1, 0.15) is 0 Å². The van der Waals surface area contributed by atoms with Gasteiger partial charge < -0.3 is 10.1 Å². The van der Waals surface area contributed by atoms with Gasteiger partial charge in [-0.1, -0.05) is 6.42 Å². The van der Waals surface area contributed by atoms with E-state index in [4.69, 9.17) is 4.74 Å². The molecule has 2 heterocycles. The first-order valence-electron chi connectivity index (χ1n) is 7.99. The van der Waals surface area contributed by atoms with Crippen LogP contribution in [0.1, 0.15) is 32.6 Å². The van der Waals surface area contributed by atoms with Crippen molar-refractivity contribution >= 4 is 0 Å². The zero-order valence-electron chi connectivity index (χ0n) is 12.7. The van der Waals surface area contributed by atoms with Crippen LogP contribution in [0.25, 0.3) is 0 Å². The van der Waals surface area contributed by atoms with Crippen LogP contribution in [0.15, 0.2) is 0 Å². The largest absolute Gasteiger partial charge is 0.383 e. The second-order valence-electron chi connectivity index (χ2n) is 6.08. The number of nitrogens with zero attached hydrogens (tertiary/aromatic N) is 2. The topological polar surface area (TPSA) is 27.7 Å². The third kappa shape index (κ3) is 4.71. The van der Waals surface area contributed by atoms with Gasteiger partial charge in [-0.05, 0) is 45.8 Å². The van der Waals surface area contributed by atoms with Crippen LogP contribution in [0, 0.1) is 0 Å². The third-order valence-corrected chi connectivity index (χ3v) is 4.60. The van der Waals surface area contributed by atoms with Crippen LogP contribution < -0.4 is 5.32 Å². The standard InChI is InChI=1S/C15H31N3O/c1-14-12-18-9-4-3-6-15(18)13-17(14)10-5-7-16-8-11-19-2/h14-16H,3-13H2,1-2H3. The Morgan fingerprint density at radius 3 is 2.95 bits per heavy atom. The summed E-state index contributed by atoms with van der Waals surface area (Å²) in [5.74, 6) is 0. The van der Waals surface area contributed by atoms with Crippen LogP contribution in [0.4, 0.5) is 0 Å². The van der Waals surface area contributed by atoms with Crippen molar-refractivity contribution < 1.29 is 4.74 Å². The molecule has 0 spiro atoms. The fraction of sp³-hybridized carbons (Fsp3) is 1.00. The Morgan fingerprint density at radius 1 is 1.21 bits per heavy atom. The zero-order valence-corrected chi connectivity index (χ0v) is 12.7. The van der Waals surface area contributed by atoms with Crippen LogP contribution in [0.2, 0.25) is 0 Å². The summed E-state index contributed by atoms with van der Waals surface area (Å²) in [5, 5.41) is 3.43. The number of methoxy groups -OCH3 is 1. The number of fused-ring (bicyclic) bond motifs is 1. The Hall–Kier alpha value is -0.160. The normalized spacial score (nSPS) is 29.4. The van der Waals surface area contributed by atoms with Crippen molar-refractivity contribution in [3.05, 3.63) is 0 Å². The first-order chi connectivity index (χ1) is 9.31. The fourth-order valence-corrected chi connectivity index (χ4v) is 3.43. The molecular formula is C15H31N3O. The Balaban J connectivity index is 1.63. The van der Waals surface area contributed by atoms with E-state index in [1.807, 2.05) is 0 Å². The van der Waals surface area contributed by atoms with E-state index < -0.39 is 0 Å². The number of hydrogen-bond acceptors (Lipinski definition) is 4. The van der Waals surface area contributed by atoms with Crippen molar-refractivity contribution in [2.75, 3.05) is 53.0 Å². The molecule has 0 aromatic carbocycles.